The minimum atomic E-state index is -0.154. The average molecular weight is 326 g/mol. The Labute approximate surface area is 144 Å². The molecule has 0 fully saturated rings. The number of benzene rings is 2. The number of carbonyl (C=O) groups excluding carboxylic acids is 1. The molecule has 128 valence electrons. The van der Waals surface area contributed by atoms with Gasteiger partial charge in [0.25, 0.3) is 5.91 Å². The van der Waals surface area contributed by atoms with Crippen LogP contribution in [-0.2, 0) is 0 Å². The van der Waals surface area contributed by atoms with Gasteiger partial charge in [0.05, 0.1) is 6.61 Å². The predicted molar refractivity (Wildman–Crippen MR) is 99.6 cm³/mol. The van der Waals surface area contributed by atoms with Crippen molar-refractivity contribution >= 4 is 17.3 Å². The molecule has 2 rings (SSSR count). The number of amides is 1. The zero-order valence-corrected chi connectivity index (χ0v) is 14.5. The number of rotatable bonds is 8. The molecule has 0 radical (unpaired) electrons. The van der Waals surface area contributed by atoms with Gasteiger partial charge in [-0.25, -0.2) is 0 Å². The van der Waals surface area contributed by atoms with Crippen molar-refractivity contribution in [2.75, 3.05) is 17.7 Å². The van der Waals surface area contributed by atoms with E-state index in [1.165, 1.54) is 19.3 Å². The Balaban J connectivity index is 1.90. The Bertz CT molecular complexity index is 666. The maximum absolute atomic E-state index is 12.3. The van der Waals surface area contributed by atoms with Crippen LogP contribution >= 0.6 is 0 Å². The molecular weight excluding hydrogens is 300 g/mol. The van der Waals surface area contributed by atoms with Crippen molar-refractivity contribution in [3.05, 3.63) is 53.6 Å². The van der Waals surface area contributed by atoms with Gasteiger partial charge in [-0.15, -0.1) is 0 Å². The maximum atomic E-state index is 12.3. The lowest BCUT2D eigenvalue weighted by Crippen LogP contribution is -2.13. The third-order valence-corrected chi connectivity index (χ3v) is 4.01. The maximum Gasteiger partial charge on any atom is 0.255 e. The molecule has 0 saturated carbocycles. The molecule has 24 heavy (non-hydrogen) atoms. The van der Waals surface area contributed by atoms with E-state index >= 15 is 0 Å². The van der Waals surface area contributed by atoms with Crippen molar-refractivity contribution in [1.82, 2.24) is 0 Å². The van der Waals surface area contributed by atoms with Crippen molar-refractivity contribution in [3.8, 4) is 5.75 Å². The fraction of sp³-hybridized carbons (Fsp3) is 0.350. The van der Waals surface area contributed by atoms with Crippen LogP contribution in [0.25, 0.3) is 0 Å². The molecular formula is C20H26N2O2. The summed E-state index contributed by atoms with van der Waals surface area (Å²) < 4.78 is 5.69. The van der Waals surface area contributed by atoms with Crippen LogP contribution in [0.15, 0.2) is 42.5 Å². The number of unbranched alkanes of at least 4 members (excludes halogenated alkanes) is 3. The van der Waals surface area contributed by atoms with Gasteiger partial charge >= 0.3 is 0 Å². The third kappa shape index (κ3) is 5.01. The Morgan fingerprint density at radius 3 is 2.54 bits per heavy atom. The van der Waals surface area contributed by atoms with Crippen LogP contribution in [0.1, 0.15) is 48.5 Å². The Hall–Kier alpha value is -2.49. The van der Waals surface area contributed by atoms with Crippen LogP contribution in [0, 0.1) is 6.92 Å². The second kappa shape index (κ2) is 8.96. The highest BCUT2D eigenvalue weighted by Crippen LogP contribution is 2.21. The first-order chi connectivity index (χ1) is 11.6. The molecule has 4 heteroatoms. The molecule has 3 N–H and O–H groups in total. The normalized spacial score (nSPS) is 10.4. The molecule has 0 aliphatic heterocycles. The molecule has 4 nitrogen and oxygen atoms in total. The van der Waals surface area contributed by atoms with Gasteiger partial charge in [0.2, 0.25) is 0 Å². The van der Waals surface area contributed by atoms with Gasteiger partial charge in [0.15, 0.2) is 0 Å². The lowest BCUT2D eigenvalue weighted by Gasteiger charge is -2.11. The fourth-order valence-corrected chi connectivity index (χ4v) is 2.40. The molecule has 0 heterocycles. The van der Waals surface area contributed by atoms with Crippen LogP contribution in [0.4, 0.5) is 11.4 Å². The highest BCUT2D eigenvalue weighted by atomic mass is 16.5. The van der Waals surface area contributed by atoms with E-state index in [1.54, 1.807) is 12.1 Å². The van der Waals surface area contributed by atoms with Gasteiger partial charge in [-0.3, -0.25) is 4.79 Å². The van der Waals surface area contributed by atoms with Crippen LogP contribution in [0.2, 0.25) is 0 Å². The lowest BCUT2D eigenvalue weighted by molar-refractivity contribution is 0.102. The molecule has 2 aromatic rings. The van der Waals surface area contributed by atoms with E-state index in [4.69, 9.17) is 10.5 Å². The summed E-state index contributed by atoms with van der Waals surface area (Å²) in [6.07, 6.45) is 4.71. The molecule has 0 atom stereocenters. The summed E-state index contributed by atoms with van der Waals surface area (Å²) in [4.78, 5) is 12.3. The number of carbonyl (C=O) groups is 1. The van der Waals surface area contributed by atoms with Crippen molar-refractivity contribution in [2.45, 2.75) is 39.5 Å². The SMILES string of the molecule is CCCCCCOc1ccc(C(=O)Nc2cccc(N)c2C)cc1. The largest absolute Gasteiger partial charge is 0.494 e. The van der Waals surface area contributed by atoms with E-state index in [1.807, 2.05) is 37.3 Å². The summed E-state index contributed by atoms with van der Waals surface area (Å²) in [7, 11) is 0. The van der Waals surface area contributed by atoms with E-state index < -0.39 is 0 Å². The van der Waals surface area contributed by atoms with Crippen LogP contribution in [0.5, 0.6) is 5.75 Å². The smallest absolute Gasteiger partial charge is 0.255 e. The molecule has 0 aromatic heterocycles. The van der Waals surface area contributed by atoms with Gasteiger partial charge < -0.3 is 15.8 Å². The number of nitrogens with two attached hydrogens (primary N) is 1. The lowest BCUT2D eigenvalue weighted by atomic mass is 10.1. The standard InChI is InChI=1S/C20H26N2O2/c1-3-4-5-6-14-24-17-12-10-16(11-13-17)20(23)22-19-9-7-8-18(21)15(19)2/h7-13H,3-6,14,21H2,1-2H3,(H,22,23). The number of ether oxygens (including phenoxy) is 1. The number of anilines is 2. The van der Waals surface area contributed by atoms with Crippen LogP contribution < -0.4 is 15.8 Å². The van der Waals surface area contributed by atoms with Gasteiger partial charge in [0, 0.05) is 16.9 Å². The Morgan fingerprint density at radius 2 is 1.83 bits per heavy atom. The molecule has 0 saturated heterocycles. The quantitative estimate of drug-likeness (QED) is 0.541. The summed E-state index contributed by atoms with van der Waals surface area (Å²) in [6.45, 7) is 4.80. The molecule has 2 aromatic carbocycles. The van der Waals surface area contributed by atoms with Crippen LogP contribution in [-0.4, -0.2) is 12.5 Å². The molecule has 0 unspecified atom stereocenters. The summed E-state index contributed by atoms with van der Waals surface area (Å²) in [5.74, 6) is 0.640. The number of hydrogen-bond acceptors (Lipinski definition) is 3. The Kier molecular flexibility index (Phi) is 6.67. The van der Waals surface area contributed by atoms with E-state index in [-0.39, 0.29) is 5.91 Å². The summed E-state index contributed by atoms with van der Waals surface area (Å²) in [5, 5.41) is 2.89. The third-order valence-electron chi connectivity index (χ3n) is 4.01. The minimum absolute atomic E-state index is 0.154. The average Bonchev–Trinajstić information content (AvgIpc) is 2.59. The molecule has 0 aliphatic rings. The zero-order chi connectivity index (χ0) is 17.4. The van der Waals surface area contributed by atoms with Crippen molar-refractivity contribution < 1.29 is 9.53 Å². The Morgan fingerprint density at radius 1 is 1.08 bits per heavy atom. The summed E-state index contributed by atoms with van der Waals surface area (Å²) in [6, 6.07) is 12.7. The second-order valence-corrected chi connectivity index (χ2v) is 5.91. The van der Waals surface area contributed by atoms with Crippen molar-refractivity contribution in [2.24, 2.45) is 0 Å². The van der Waals surface area contributed by atoms with E-state index in [0.29, 0.717) is 17.9 Å². The van der Waals surface area contributed by atoms with E-state index in [9.17, 15) is 4.79 Å². The fourth-order valence-electron chi connectivity index (χ4n) is 2.40. The van der Waals surface area contributed by atoms with Crippen LogP contribution in [0.3, 0.4) is 0 Å². The highest BCUT2D eigenvalue weighted by molar-refractivity contribution is 6.05. The van der Waals surface area contributed by atoms with Crippen molar-refractivity contribution in [1.29, 1.82) is 0 Å². The summed E-state index contributed by atoms with van der Waals surface area (Å²) in [5.41, 5.74) is 8.73. The summed E-state index contributed by atoms with van der Waals surface area (Å²) >= 11 is 0. The molecule has 0 bridgehead atoms. The first-order valence-corrected chi connectivity index (χ1v) is 8.51. The van der Waals surface area contributed by atoms with E-state index in [2.05, 4.69) is 12.2 Å². The molecule has 0 spiro atoms. The molecule has 1 amide bonds. The van der Waals surface area contributed by atoms with E-state index in [0.717, 1.165) is 23.4 Å². The van der Waals surface area contributed by atoms with Gasteiger partial charge in [0.1, 0.15) is 5.75 Å². The van der Waals surface area contributed by atoms with Gasteiger partial charge in [-0.1, -0.05) is 32.3 Å². The second-order valence-electron chi connectivity index (χ2n) is 5.91. The first kappa shape index (κ1) is 17.9. The topological polar surface area (TPSA) is 64.3 Å². The van der Waals surface area contributed by atoms with Gasteiger partial charge in [-0.2, -0.15) is 0 Å². The van der Waals surface area contributed by atoms with Gasteiger partial charge in [-0.05, 0) is 55.3 Å². The molecule has 0 aliphatic carbocycles. The first-order valence-electron chi connectivity index (χ1n) is 8.51. The van der Waals surface area contributed by atoms with Crippen molar-refractivity contribution in [3.63, 3.8) is 0 Å². The number of hydrogen-bond donors (Lipinski definition) is 2. The predicted octanol–water partition coefficient (Wildman–Crippen LogP) is 4.79. The highest BCUT2D eigenvalue weighted by Gasteiger charge is 2.09. The number of nitrogens with one attached hydrogen (secondary N) is 1. The minimum Gasteiger partial charge on any atom is -0.494 e. The monoisotopic (exact) mass is 326 g/mol. The zero-order valence-electron chi connectivity index (χ0n) is 14.5. The number of nitrogen functional groups attached to an aromatic ring is 1.